The van der Waals surface area contributed by atoms with Crippen molar-refractivity contribution >= 4 is 29.4 Å². The van der Waals surface area contributed by atoms with Crippen molar-refractivity contribution in [2.45, 2.75) is 76.5 Å². The first-order valence-corrected chi connectivity index (χ1v) is 12.1. The third kappa shape index (κ3) is 8.86. The van der Waals surface area contributed by atoms with E-state index in [1.165, 1.54) is 24.3 Å². The van der Waals surface area contributed by atoms with Crippen LogP contribution >= 0.6 is 11.8 Å². The number of carbonyl (C=O) groups excluding carboxylic acids is 2. The molecule has 0 aliphatic carbocycles. The van der Waals surface area contributed by atoms with Crippen LogP contribution in [0, 0.1) is 5.92 Å². The second kappa shape index (κ2) is 14.0. The van der Waals surface area contributed by atoms with Crippen LogP contribution in [0.1, 0.15) is 76.2 Å². The van der Waals surface area contributed by atoms with Gasteiger partial charge in [0.1, 0.15) is 17.0 Å². The maximum absolute atomic E-state index is 12.8. The van der Waals surface area contributed by atoms with Gasteiger partial charge in [-0.15, -0.1) is 0 Å². The number of Topliss-reactive ketones (excluding diaryl/α,β-unsaturated/α-hetero) is 1. The molecule has 0 saturated carbocycles. The molecule has 1 rings (SSSR count). The summed E-state index contributed by atoms with van der Waals surface area (Å²) < 4.78 is 0. The Hall–Kier alpha value is -2.13. The molecule has 0 radical (unpaired) electrons. The first-order chi connectivity index (χ1) is 14.8. The molecule has 1 aromatic rings. The fourth-order valence-corrected chi connectivity index (χ4v) is 3.85. The number of carboxylic acids is 1. The minimum absolute atomic E-state index is 0.0169. The normalized spacial score (nSPS) is 15.4. The van der Waals surface area contributed by atoms with E-state index in [9.17, 15) is 19.5 Å². The second-order valence-corrected chi connectivity index (χ2v) is 8.90. The Kier molecular flexibility index (Phi) is 12.2. The van der Waals surface area contributed by atoms with Gasteiger partial charge in [0.25, 0.3) is 5.91 Å². The van der Waals surface area contributed by atoms with Crippen molar-refractivity contribution in [3.05, 3.63) is 30.4 Å². The van der Waals surface area contributed by atoms with Gasteiger partial charge >= 0.3 is 5.97 Å². The van der Waals surface area contributed by atoms with Crippen LogP contribution in [0.3, 0.4) is 0 Å². The molecular formula is C22H36N4O4S. The Balaban J connectivity index is 2.90. The molecule has 174 valence electrons. The van der Waals surface area contributed by atoms with E-state index in [0.29, 0.717) is 12.3 Å². The van der Waals surface area contributed by atoms with E-state index < -0.39 is 22.7 Å². The van der Waals surface area contributed by atoms with E-state index in [4.69, 9.17) is 0 Å². The molecule has 1 heterocycles. The molecule has 1 aromatic heterocycles. The lowest BCUT2D eigenvalue weighted by Crippen LogP contribution is -2.60. The zero-order valence-electron chi connectivity index (χ0n) is 18.9. The summed E-state index contributed by atoms with van der Waals surface area (Å²) >= 11 is 1.34. The lowest BCUT2D eigenvalue weighted by atomic mass is 9.87. The van der Waals surface area contributed by atoms with E-state index in [-0.39, 0.29) is 30.7 Å². The highest BCUT2D eigenvalue weighted by molar-refractivity contribution is 7.99. The first kappa shape index (κ1) is 26.9. The second-order valence-electron chi connectivity index (χ2n) is 7.85. The Labute approximate surface area is 189 Å². The van der Waals surface area contributed by atoms with Gasteiger partial charge in [-0.05, 0) is 31.4 Å². The average molecular weight is 453 g/mol. The molecule has 0 aromatic carbocycles. The van der Waals surface area contributed by atoms with Crippen molar-refractivity contribution in [2.24, 2.45) is 5.92 Å². The number of allylic oxidation sites excluding steroid dienone is 2. The molecule has 0 aliphatic heterocycles. The molecule has 0 bridgehead atoms. The van der Waals surface area contributed by atoms with Gasteiger partial charge < -0.3 is 10.1 Å². The van der Waals surface area contributed by atoms with Gasteiger partial charge in [-0.25, -0.2) is 10.4 Å². The zero-order chi connectivity index (χ0) is 23.3. The monoisotopic (exact) mass is 452 g/mol. The van der Waals surface area contributed by atoms with Crippen LogP contribution in [0.25, 0.3) is 0 Å². The van der Waals surface area contributed by atoms with Crippen LogP contribution in [-0.2, 0) is 9.59 Å². The number of hydrazine groups is 1. The number of carboxylic acid groups (broad SMARTS) is 1. The van der Waals surface area contributed by atoms with Gasteiger partial charge in [0.05, 0.1) is 17.8 Å². The molecule has 3 atom stereocenters. The van der Waals surface area contributed by atoms with Crippen molar-refractivity contribution < 1.29 is 19.5 Å². The Morgan fingerprint density at radius 1 is 1.32 bits per heavy atom. The summed E-state index contributed by atoms with van der Waals surface area (Å²) in [5.41, 5.74) is 3.98. The summed E-state index contributed by atoms with van der Waals surface area (Å²) in [5, 5.41) is 9.55. The summed E-state index contributed by atoms with van der Waals surface area (Å²) in [5.74, 6) is -1.06. The molecule has 8 nitrogen and oxygen atoms in total. The first-order valence-electron chi connectivity index (χ1n) is 10.8. The summed E-state index contributed by atoms with van der Waals surface area (Å²) in [4.78, 5) is 43.8. The number of nitrogens with zero attached hydrogens (tertiary/aromatic N) is 1. The van der Waals surface area contributed by atoms with Crippen LogP contribution < -0.4 is 10.9 Å². The molecule has 0 aliphatic rings. The number of unbranched alkanes of at least 4 members (excludes halogenated alkanes) is 1. The van der Waals surface area contributed by atoms with Gasteiger partial charge in [-0.1, -0.05) is 52.2 Å². The minimum Gasteiger partial charge on any atom is -0.480 e. The molecule has 0 saturated heterocycles. The zero-order valence-corrected chi connectivity index (χ0v) is 19.8. The van der Waals surface area contributed by atoms with Gasteiger partial charge in [-0.3, -0.25) is 19.8 Å². The third-order valence-electron chi connectivity index (χ3n) is 5.42. The number of thioether (sulfide) groups is 1. The number of aliphatic carboxylic acids is 1. The highest BCUT2D eigenvalue weighted by Gasteiger charge is 2.42. The maximum Gasteiger partial charge on any atom is 0.325 e. The van der Waals surface area contributed by atoms with Gasteiger partial charge in [-0.2, -0.15) is 11.8 Å². The van der Waals surface area contributed by atoms with Gasteiger partial charge in [0.15, 0.2) is 0 Å². The van der Waals surface area contributed by atoms with Crippen molar-refractivity contribution in [3.63, 3.8) is 0 Å². The molecular weight excluding hydrogens is 416 g/mol. The number of aromatic nitrogens is 2. The average Bonchev–Trinajstić information content (AvgIpc) is 3.30. The number of hydrogen-bond acceptors (Lipinski definition) is 6. The van der Waals surface area contributed by atoms with E-state index >= 15 is 0 Å². The lowest BCUT2D eigenvalue weighted by Gasteiger charge is -2.33. The largest absolute Gasteiger partial charge is 0.480 e. The van der Waals surface area contributed by atoms with Crippen LogP contribution in [0.2, 0.25) is 0 Å². The topological polar surface area (TPSA) is 124 Å². The van der Waals surface area contributed by atoms with E-state index in [1.807, 2.05) is 19.1 Å². The predicted octanol–water partition coefficient (Wildman–Crippen LogP) is 3.73. The lowest BCUT2D eigenvalue weighted by molar-refractivity contribution is -0.146. The molecule has 0 fully saturated rings. The molecule has 0 spiro atoms. The van der Waals surface area contributed by atoms with Gasteiger partial charge in [0, 0.05) is 6.42 Å². The fourth-order valence-electron chi connectivity index (χ4n) is 3.04. The smallest absolute Gasteiger partial charge is 0.325 e. The van der Waals surface area contributed by atoms with Crippen molar-refractivity contribution in [1.82, 2.24) is 20.8 Å². The Morgan fingerprint density at radius 3 is 2.61 bits per heavy atom. The third-order valence-corrected chi connectivity index (χ3v) is 6.42. The summed E-state index contributed by atoms with van der Waals surface area (Å²) in [7, 11) is 0. The summed E-state index contributed by atoms with van der Waals surface area (Å²) in [6.07, 6.45) is 12.5. The highest BCUT2D eigenvalue weighted by atomic mass is 32.2. The molecule has 1 amide bonds. The predicted molar refractivity (Wildman–Crippen MR) is 124 cm³/mol. The number of aromatic amines is 1. The van der Waals surface area contributed by atoms with Crippen molar-refractivity contribution in [2.75, 3.05) is 6.26 Å². The minimum atomic E-state index is -1.45. The van der Waals surface area contributed by atoms with Crippen LogP contribution in [0.4, 0.5) is 0 Å². The number of amides is 1. The number of H-pyrrole nitrogens is 1. The number of ketones is 1. The molecule has 31 heavy (non-hydrogen) atoms. The number of nitrogens with one attached hydrogen (secondary N) is 3. The SMILES string of the molecule is CCCC[C@](CC(SC)C(=O)CC=CC[C@@H](C)CC)(NNC(=O)c1cnc[nH]1)C(=O)O. The molecule has 1 unspecified atom stereocenters. The fraction of sp³-hybridized carbons (Fsp3) is 0.636. The van der Waals surface area contributed by atoms with E-state index in [2.05, 4.69) is 34.7 Å². The van der Waals surface area contributed by atoms with Crippen molar-refractivity contribution in [3.8, 4) is 0 Å². The van der Waals surface area contributed by atoms with Crippen LogP contribution in [0.15, 0.2) is 24.7 Å². The standard InChI is InChI=1S/C22H36N4O4S/c1-5-7-12-22(21(29)30,26-25-20(28)17-14-23-15-24-17)13-19(31-4)18(27)11-9-8-10-16(3)6-2/h8-9,14-16,19,26H,5-7,10-13H2,1-4H3,(H,23,24)(H,25,28)(H,29,30)/t16-,19?,22+/m0/s1. The van der Waals surface area contributed by atoms with Crippen LogP contribution in [0.5, 0.6) is 0 Å². The summed E-state index contributed by atoms with van der Waals surface area (Å²) in [6.45, 7) is 6.26. The van der Waals surface area contributed by atoms with Gasteiger partial charge in [0.2, 0.25) is 0 Å². The van der Waals surface area contributed by atoms with E-state index in [0.717, 1.165) is 19.3 Å². The highest BCUT2D eigenvalue weighted by Crippen LogP contribution is 2.27. The number of carbonyl (C=O) groups is 3. The molecule has 9 heteroatoms. The quantitative estimate of drug-likeness (QED) is 0.222. The van der Waals surface area contributed by atoms with Crippen molar-refractivity contribution in [1.29, 1.82) is 0 Å². The summed E-state index contributed by atoms with van der Waals surface area (Å²) in [6, 6.07) is 0. The van der Waals surface area contributed by atoms with E-state index in [1.54, 1.807) is 6.26 Å². The van der Waals surface area contributed by atoms with Crippen LogP contribution in [-0.4, -0.2) is 49.8 Å². The number of rotatable bonds is 16. The number of hydrogen-bond donors (Lipinski definition) is 4. The maximum atomic E-state index is 12.8. The Bertz CT molecular complexity index is 723. The number of imidazole rings is 1. The Morgan fingerprint density at radius 2 is 2.06 bits per heavy atom. The molecule has 4 N–H and O–H groups in total.